The number of aliphatic carboxylic acids is 1. The Labute approximate surface area is 140 Å². The molecule has 0 spiro atoms. The van der Waals surface area contributed by atoms with Crippen molar-refractivity contribution in [1.82, 2.24) is 9.80 Å². The Morgan fingerprint density at radius 2 is 1.46 bits per heavy atom. The number of rotatable bonds is 7. The number of carboxylic acid groups (broad SMARTS) is 1. The topological polar surface area (TPSA) is 96.4 Å². The first-order valence-electron chi connectivity index (χ1n) is 7.32. The third-order valence-electron chi connectivity index (χ3n) is 3.20. The number of hydrogen-bond acceptors (Lipinski definition) is 5. The van der Waals surface area contributed by atoms with E-state index in [4.69, 9.17) is 9.84 Å². The van der Waals surface area contributed by atoms with Crippen LogP contribution in [0.1, 0.15) is 11.1 Å². The van der Waals surface area contributed by atoms with E-state index in [-0.39, 0.29) is 19.7 Å². The number of carbonyl (C=O) groups excluding carboxylic acids is 2. The lowest BCUT2D eigenvalue weighted by molar-refractivity contribution is -0.140. The van der Waals surface area contributed by atoms with Crippen LogP contribution in [-0.4, -0.2) is 66.9 Å². The lowest BCUT2D eigenvalue weighted by atomic mass is 10.2. The van der Waals surface area contributed by atoms with Crippen molar-refractivity contribution in [2.75, 3.05) is 33.8 Å². The van der Waals surface area contributed by atoms with Gasteiger partial charge in [-0.05, 0) is 12.5 Å². The van der Waals surface area contributed by atoms with Crippen molar-refractivity contribution in [3.63, 3.8) is 0 Å². The Balaban J connectivity index is 2.31. The van der Waals surface area contributed by atoms with Crippen molar-refractivity contribution in [1.29, 1.82) is 0 Å². The highest BCUT2D eigenvalue weighted by molar-refractivity contribution is 5.74. The van der Waals surface area contributed by atoms with Crippen molar-refractivity contribution in [2.24, 2.45) is 0 Å². The fourth-order valence-corrected chi connectivity index (χ4v) is 1.66. The van der Waals surface area contributed by atoms with Gasteiger partial charge in [0.2, 0.25) is 0 Å². The molecule has 1 aromatic carbocycles. The number of benzene rings is 1. The van der Waals surface area contributed by atoms with Crippen LogP contribution < -0.4 is 0 Å². The van der Waals surface area contributed by atoms with Crippen LogP contribution >= 0.6 is 0 Å². The second kappa shape index (κ2) is 9.39. The second-order valence-corrected chi connectivity index (χ2v) is 5.33. The van der Waals surface area contributed by atoms with Gasteiger partial charge in [-0.15, -0.1) is 0 Å². The van der Waals surface area contributed by atoms with E-state index in [0.29, 0.717) is 0 Å². The van der Waals surface area contributed by atoms with E-state index in [1.165, 1.54) is 16.8 Å². The number of carboxylic acids is 1. The van der Waals surface area contributed by atoms with Gasteiger partial charge in [-0.25, -0.2) is 14.4 Å². The number of ether oxygens (including phenoxy) is 2. The summed E-state index contributed by atoms with van der Waals surface area (Å²) in [7, 11) is 3.00. The van der Waals surface area contributed by atoms with Gasteiger partial charge in [0, 0.05) is 27.2 Å². The zero-order valence-electron chi connectivity index (χ0n) is 14.0. The van der Waals surface area contributed by atoms with Crippen molar-refractivity contribution < 1.29 is 29.0 Å². The summed E-state index contributed by atoms with van der Waals surface area (Å²) >= 11 is 0. The van der Waals surface area contributed by atoms with E-state index in [1.54, 1.807) is 7.05 Å². The van der Waals surface area contributed by atoms with E-state index in [9.17, 15) is 14.4 Å². The molecule has 0 unspecified atom stereocenters. The standard InChI is InChI=1S/C16H22N2O6/c1-12-4-6-13(7-5-12)10-23-15(21)17(2)8-9-18(3)16(22)24-11-14(19)20/h4-7H,8-11H2,1-3H3,(H,19,20). The molecule has 0 aromatic heterocycles. The molecule has 0 radical (unpaired) electrons. The highest BCUT2D eigenvalue weighted by atomic mass is 16.6. The summed E-state index contributed by atoms with van der Waals surface area (Å²) in [5.74, 6) is -1.23. The maximum absolute atomic E-state index is 11.9. The molecule has 0 aliphatic heterocycles. The summed E-state index contributed by atoms with van der Waals surface area (Å²) in [6.45, 7) is 1.86. The Hall–Kier alpha value is -2.77. The second-order valence-electron chi connectivity index (χ2n) is 5.33. The van der Waals surface area contributed by atoms with Crippen LogP contribution in [0.5, 0.6) is 0 Å². The van der Waals surface area contributed by atoms with E-state index in [0.717, 1.165) is 11.1 Å². The summed E-state index contributed by atoms with van der Waals surface area (Å²) in [5, 5.41) is 8.44. The van der Waals surface area contributed by atoms with Gasteiger partial charge >= 0.3 is 18.2 Å². The van der Waals surface area contributed by atoms with Gasteiger partial charge in [0.05, 0.1) is 0 Å². The molecule has 1 rings (SSSR count). The maximum atomic E-state index is 11.9. The maximum Gasteiger partial charge on any atom is 0.410 e. The zero-order chi connectivity index (χ0) is 18.1. The van der Waals surface area contributed by atoms with Gasteiger partial charge in [-0.1, -0.05) is 29.8 Å². The van der Waals surface area contributed by atoms with Crippen molar-refractivity contribution in [2.45, 2.75) is 13.5 Å². The minimum absolute atomic E-state index is 0.167. The van der Waals surface area contributed by atoms with E-state index in [2.05, 4.69) is 4.74 Å². The number of amides is 2. The molecule has 0 atom stereocenters. The number of hydrogen-bond donors (Lipinski definition) is 1. The van der Waals surface area contributed by atoms with Crippen LogP contribution in [0.15, 0.2) is 24.3 Å². The van der Waals surface area contributed by atoms with Gasteiger partial charge in [0.25, 0.3) is 0 Å². The SMILES string of the molecule is Cc1ccc(COC(=O)N(C)CCN(C)C(=O)OCC(=O)O)cc1. The molecule has 0 aliphatic rings. The van der Waals surface area contributed by atoms with Gasteiger partial charge in [-0.3, -0.25) is 0 Å². The van der Waals surface area contributed by atoms with Crippen molar-refractivity contribution >= 4 is 18.2 Å². The van der Waals surface area contributed by atoms with Gasteiger partial charge in [-0.2, -0.15) is 0 Å². The molecule has 8 nitrogen and oxygen atoms in total. The largest absolute Gasteiger partial charge is 0.479 e. The molecule has 0 fully saturated rings. The van der Waals surface area contributed by atoms with Gasteiger partial charge in [0.1, 0.15) is 6.61 Å². The first kappa shape index (κ1) is 19.3. The fraction of sp³-hybridized carbons (Fsp3) is 0.438. The summed E-state index contributed by atoms with van der Waals surface area (Å²) in [6, 6.07) is 7.64. The average Bonchev–Trinajstić information content (AvgIpc) is 2.56. The minimum atomic E-state index is -1.23. The molecular weight excluding hydrogens is 316 g/mol. The third-order valence-corrected chi connectivity index (χ3v) is 3.20. The molecule has 132 valence electrons. The number of carbonyl (C=O) groups is 3. The first-order valence-corrected chi connectivity index (χ1v) is 7.32. The predicted octanol–water partition coefficient (Wildman–Crippen LogP) is 1.72. The number of aryl methyl sites for hydroxylation is 1. The molecule has 2 amide bonds. The summed E-state index contributed by atoms with van der Waals surface area (Å²) in [5.41, 5.74) is 2.01. The molecule has 0 bridgehead atoms. The van der Waals surface area contributed by atoms with Crippen molar-refractivity contribution in [3.8, 4) is 0 Å². The molecule has 0 saturated heterocycles. The van der Waals surface area contributed by atoms with Crippen LogP contribution in [0.2, 0.25) is 0 Å². The van der Waals surface area contributed by atoms with E-state index in [1.807, 2.05) is 31.2 Å². The quantitative estimate of drug-likeness (QED) is 0.813. The van der Waals surface area contributed by atoms with Crippen LogP contribution in [0, 0.1) is 6.92 Å². The Kier molecular flexibility index (Phi) is 7.54. The highest BCUT2D eigenvalue weighted by Gasteiger charge is 2.15. The predicted molar refractivity (Wildman–Crippen MR) is 85.6 cm³/mol. The molecule has 1 aromatic rings. The normalized spacial score (nSPS) is 9.96. The van der Waals surface area contributed by atoms with Gasteiger partial charge < -0.3 is 24.4 Å². The highest BCUT2D eigenvalue weighted by Crippen LogP contribution is 2.05. The molecular formula is C16H22N2O6. The Morgan fingerprint density at radius 1 is 0.958 bits per heavy atom. The zero-order valence-corrected chi connectivity index (χ0v) is 14.0. The molecule has 0 heterocycles. The lowest BCUT2D eigenvalue weighted by Gasteiger charge is -2.21. The summed E-state index contributed by atoms with van der Waals surface area (Å²) in [6.07, 6.45) is -1.28. The lowest BCUT2D eigenvalue weighted by Crippen LogP contribution is -2.38. The molecule has 1 N–H and O–H groups in total. The summed E-state index contributed by atoms with van der Waals surface area (Å²) in [4.78, 5) is 36.2. The van der Waals surface area contributed by atoms with E-state index < -0.39 is 24.8 Å². The molecule has 24 heavy (non-hydrogen) atoms. The van der Waals surface area contributed by atoms with Gasteiger partial charge in [0.15, 0.2) is 6.61 Å². The molecule has 0 saturated carbocycles. The fourth-order valence-electron chi connectivity index (χ4n) is 1.66. The Morgan fingerprint density at radius 3 is 1.96 bits per heavy atom. The van der Waals surface area contributed by atoms with Crippen LogP contribution in [0.25, 0.3) is 0 Å². The van der Waals surface area contributed by atoms with Crippen LogP contribution in [0.4, 0.5) is 9.59 Å². The molecule has 8 heteroatoms. The minimum Gasteiger partial charge on any atom is -0.479 e. The smallest absolute Gasteiger partial charge is 0.410 e. The monoisotopic (exact) mass is 338 g/mol. The van der Waals surface area contributed by atoms with Crippen molar-refractivity contribution in [3.05, 3.63) is 35.4 Å². The van der Waals surface area contributed by atoms with Crippen LogP contribution in [0.3, 0.4) is 0 Å². The average molecular weight is 338 g/mol. The molecule has 0 aliphatic carbocycles. The third kappa shape index (κ3) is 6.99. The number of nitrogens with zero attached hydrogens (tertiary/aromatic N) is 2. The Bertz CT molecular complexity index is 572. The van der Waals surface area contributed by atoms with Crippen LogP contribution in [-0.2, 0) is 20.9 Å². The number of likely N-dealkylation sites (N-methyl/N-ethyl adjacent to an activating group) is 2. The first-order chi connectivity index (χ1) is 11.3. The summed E-state index contributed by atoms with van der Waals surface area (Å²) < 4.78 is 9.70. The van der Waals surface area contributed by atoms with E-state index >= 15 is 0 Å².